The fourth-order valence-electron chi connectivity index (χ4n) is 2.10. The van der Waals surface area contributed by atoms with Gasteiger partial charge in [-0.3, -0.25) is 4.98 Å². The van der Waals surface area contributed by atoms with Crippen molar-refractivity contribution in [2.45, 2.75) is 38.6 Å². The van der Waals surface area contributed by atoms with Gasteiger partial charge in [0.2, 0.25) is 0 Å². The maximum atomic E-state index is 5.59. The minimum Gasteiger partial charge on any atom is -0.352 e. The topological polar surface area (TPSA) is 55.0 Å². The summed E-state index contributed by atoms with van der Waals surface area (Å²) in [6.45, 7) is 3.76. The summed E-state index contributed by atoms with van der Waals surface area (Å²) < 4.78 is 0. The quantitative estimate of drug-likeness (QED) is 0.817. The zero-order valence-corrected chi connectivity index (χ0v) is 9.89. The van der Waals surface area contributed by atoms with Crippen LogP contribution < -0.4 is 10.6 Å². The van der Waals surface area contributed by atoms with E-state index in [1.807, 2.05) is 6.92 Å². The second-order valence-electron chi connectivity index (χ2n) is 4.39. The molecule has 0 aliphatic heterocycles. The predicted octanol–water partition coefficient (Wildman–Crippen LogP) is 1.49. The molecule has 1 fully saturated rings. The molecule has 1 aliphatic rings. The molecule has 0 radical (unpaired) electrons. The summed E-state index contributed by atoms with van der Waals surface area (Å²) >= 11 is 0. The normalized spacial score (nSPS) is 15.9. The molecule has 1 heterocycles. The fourth-order valence-corrected chi connectivity index (χ4v) is 2.10. The zero-order valence-electron chi connectivity index (χ0n) is 9.89. The molecule has 0 bridgehead atoms. The predicted molar refractivity (Wildman–Crippen MR) is 65.4 cm³/mol. The van der Waals surface area contributed by atoms with Gasteiger partial charge in [0.1, 0.15) is 5.82 Å². The van der Waals surface area contributed by atoms with E-state index in [1.165, 1.54) is 19.3 Å². The summed E-state index contributed by atoms with van der Waals surface area (Å²) in [5.74, 6) is 1.04. The lowest BCUT2D eigenvalue weighted by atomic mass is 9.91. The van der Waals surface area contributed by atoms with E-state index in [-0.39, 0.29) is 0 Å². The van der Waals surface area contributed by atoms with E-state index >= 15 is 0 Å². The van der Waals surface area contributed by atoms with Crippen molar-refractivity contribution in [2.75, 3.05) is 18.0 Å². The molecule has 1 saturated carbocycles. The van der Waals surface area contributed by atoms with E-state index in [1.54, 1.807) is 12.4 Å². The second kappa shape index (κ2) is 5.25. The fraction of sp³-hybridized carbons (Fsp3) is 0.667. The molecule has 0 aromatic carbocycles. The maximum Gasteiger partial charge on any atom is 0.150 e. The molecule has 0 amide bonds. The van der Waals surface area contributed by atoms with Gasteiger partial charge in [-0.1, -0.05) is 0 Å². The monoisotopic (exact) mass is 220 g/mol. The van der Waals surface area contributed by atoms with Gasteiger partial charge in [-0.25, -0.2) is 4.98 Å². The van der Waals surface area contributed by atoms with Gasteiger partial charge < -0.3 is 10.6 Å². The van der Waals surface area contributed by atoms with E-state index in [0.717, 1.165) is 31.0 Å². The summed E-state index contributed by atoms with van der Waals surface area (Å²) in [6.07, 6.45) is 8.44. The van der Waals surface area contributed by atoms with Gasteiger partial charge in [-0.15, -0.1) is 0 Å². The van der Waals surface area contributed by atoms with Gasteiger partial charge in [-0.05, 0) is 39.2 Å². The van der Waals surface area contributed by atoms with Crippen LogP contribution in [0.25, 0.3) is 0 Å². The van der Waals surface area contributed by atoms with Crippen LogP contribution in [0.5, 0.6) is 0 Å². The third kappa shape index (κ3) is 2.32. The van der Waals surface area contributed by atoms with Crippen LogP contribution in [0.15, 0.2) is 12.4 Å². The lowest BCUT2D eigenvalue weighted by molar-refractivity contribution is 0.382. The molecule has 0 saturated heterocycles. The van der Waals surface area contributed by atoms with Gasteiger partial charge in [0.15, 0.2) is 0 Å². The van der Waals surface area contributed by atoms with Gasteiger partial charge in [-0.2, -0.15) is 0 Å². The van der Waals surface area contributed by atoms with Crippen LogP contribution in [0, 0.1) is 6.92 Å². The van der Waals surface area contributed by atoms with Crippen molar-refractivity contribution < 1.29 is 0 Å². The molecule has 1 aromatic rings. The number of nitrogens with zero attached hydrogens (tertiary/aromatic N) is 3. The minimum absolute atomic E-state index is 0.655. The number of hydrogen-bond donors (Lipinski definition) is 1. The van der Waals surface area contributed by atoms with E-state index in [4.69, 9.17) is 5.73 Å². The first-order valence-electron chi connectivity index (χ1n) is 6.07. The number of hydrogen-bond acceptors (Lipinski definition) is 4. The molecule has 0 spiro atoms. The highest BCUT2D eigenvalue weighted by Crippen LogP contribution is 2.29. The van der Waals surface area contributed by atoms with Crippen molar-refractivity contribution in [1.29, 1.82) is 0 Å². The Morgan fingerprint density at radius 1 is 1.38 bits per heavy atom. The van der Waals surface area contributed by atoms with Gasteiger partial charge in [0, 0.05) is 25.0 Å². The summed E-state index contributed by atoms with van der Waals surface area (Å²) in [5.41, 5.74) is 6.61. The highest BCUT2D eigenvalue weighted by molar-refractivity contribution is 5.43. The molecular weight excluding hydrogens is 200 g/mol. The van der Waals surface area contributed by atoms with Crippen LogP contribution >= 0.6 is 0 Å². The average molecular weight is 220 g/mol. The Morgan fingerprint density at radius 2 is 2.12 bits per heavy atom. The first kappa shape index (κ1) is 11.3. The van der Waals surface area contributed by atoms with E-state index < -0.39 is 0 Å². The Bertz CT molecular complexity index is 336. The van der Waals surface area contributed by atoms with Crippen molar-refractivity contribution >= 4 is 5.82 Å². The Labute approximate surface area is 96.9 Å². The van der Waals surface area contributed by atoms with E-state index in [2.05, 4.69) is 14.9 Å². The van der Waals surface area contributed by atoms with Gasteiger partial charge >= 0.3 is 0 Å². The Kier molecular flexibility index (Phi) is 3.72. The summed E-state index contributed by atoms with van der Waals surface area (Å²) in [5, 5.41) is 0. The van der Waals surface area contributed by atoms with Gasteiger partial charge in [0.25, 0.3) is 0 Å². The number of nitrogens with two attached hydrogens (primary N) is 1. The molecule has 1 aromatic heterocycles. The largest absolute Gasteiger partial charge is 0.352 e. The summed E-state index contributed by atoms with van der Waals surface area (Å²) in [7, 11) is 0. The smallest absolute Gasteiger partial charge is 0.150 e. The Balaban J connectivity index is 2.13. The van der Waals surface area contributed by atoms with Crippen molar-refractivity contribution in [3.63, 3.8) is 0 Å². The van der Waals surface area contributed by atoms with Crippen molar-refractivity contribution in [2.24, 2.45) is 5.73 Å². The zero-order chi connectivity index (χ0) is 11.4. The van der Waals surface area contributed by atoms with E-state index in [0.29, 0.717) is 6.04 Å². The number of rotatable bonds is 5. The third-order valence-electron chi connectivity index (χ3n) is 3.25. The molecular formula is C12H20N4. The maximum absolute atomic E-state index is 5.59. The van der Waals surface area contributed by atoms with E-state index in [9.17, 15) is 0 Å². The lowest BCUT2D eigenvalue weighted by Gasteiger charge is -2.38. The molecule has 16 heavy (non-hydrogen) atoms. The SMILES string of the molecule is Cc1nccnc1N(CCCN)C1CCC1. The molecule has 2 rings (SSSR count). The van der Waals surface area contributed by atoms with Crippen LogP contribution in [-0.2, 0) is 0 Å². The Hall–Kier alpha value is -1.16. The van der Waals surface area contributed by atoms with Crippen LogP contribution in [0.4, 0.5) is 5.82 Å². The number of aryl methyl sites for hydroxylation is 1. The minimum atomic E-state index is 0.655. The number of aromatic nitrogens is 2. The molecule has 0 atom stereocenters. The standard InChI is InChI=1S/C12H20N4/c1-10-12(15-8-7-14-10)16(9-3-6-13)11-4-2-5-11/h7-8,11H,2-6,9,13H2,1H3. The highest BCUT2D eigenvalue weighted by atomic mass is 15.2. The second-order valence-corrected chi connectivity index (χ2v) is 4.39. The van der Waals surface area contributed by atoms with Crippen LogP contribution in [0.1, 0.15) is 31.4 Å². The van der Waals surface area contributed by atoms with Crippen LogP contribution in [0.2, 0.25) is 0 Å². The molecule has 1 aliphatic carbocycles. The molecule has 2 N–H and O–H groups in total. The highest BCUT2D eigenvalue weighted by Gasteiger charge is 2.26. The van der Waals surface area contributed by atoms with Crippen molar-refractivity contribution in [3.8, 4) is 0 Å². The third-order valence-corrected chi connectivity index (χ3v) is 3.25. The van der Waals surface area contributed by atoms with Gasteiger partial charge in [0.05, 0.1) is 5.69 Å². The molecule has 4 nitrogen and oxygen atoms in total. The van der Waals surface area contributed by atoms with Crippen molar-refractivity contribution in [1.82, 2.24) is 9.97 Å². The number of anilines is 1. The lowest BCUT2D eigenvalue weighted by Crippen LogP contribution is -2.42. The Morgan fingerprint density at radius 3 is 2.69 bits per heavy atom. The summed E-state index contributed by atoms with van der Waals surface area (Å²) in [4.78, 5) is 11.2. The average Bonchev–Trinajstić information content (AvgIpc) is 2.22. The van der Waals surface area contributed by atoms with Crippen molar-refractivity contribution in [3.05, 3.63) is 18.1 Å². The molecule has 0 unspecified atom stereocenters. The first-order valence-corrected chi connectivity index (χ1v) is 6.07. The van der Waals surface area contributed by atoms with Crippen LogP contribution in [-0.4, -0.2) is 29.1 Å². The summed E-state index contributed by atoms with van der Waals surface area (Å²) in [6, 6.07) is 0.655. The molecule has 4 heteroatoms. The van der Waals surface area contributed by atoms with Crippen LogP contribution in [0.3, 0.4) is 0 Å². The molecule has 88 valence electrons. The first-order chi connectivity index (χ1) is 7.83.